The number of halogens is 2. The summed E-state index contributed by atoms with van der Waals surface area (Å²) in [6.45, 7) is 5.26. The number of piperazine rings is 1. The fraction of sp³-hybridized carbons (Fsp3) is 0.483. The largest absolute Gasteiger partial charge is 0.468 e. The molecule has 0 spiro atoms. The molecule has 3 heterocycles. The zero-order valence-corrected chi connectivity index (χ0v) is 25.8. The third-order valence-corrected chi connectivity index (χ3v) is 8.88. The second-order valence-electron chi connectivity index (χ2n) is 10.4. The number of benzene rings is 1. The molecule has 1 aromatic carbocycles. The number of nitrogens with zero attached hydrogens (tertiary/aromatic N) is 5. The van der Waals surface area contributed by atoms with Gasteiger partial charge in [-0.3, -0.25) is 14.7 Å². The van der Waals surface area contributed by atoms with Gasteiger partial charge >= 0.3 is 18.0 Å². The molecule has 3 aliphatic rings. The van der Waals surface area contributed by atoms with Gasteiger partial charge in [-0.2, -0.15) is 0 Å². The Balaban J connectivity index is 1.52. The zero-order valence-electron chi connectivity index (χ0n) is 24.2. The van der Waals surface area contributed by atoms with Gasteiger partial charge in [-0.05, 0) is 32.8 Å². The standard InChI is InChI=1S/C29H34ClFN6O5S/c1-4-37(17-9-10-17)29(40)36-13-12-35(21(16-36)27(38)41-3)15-20-22(28(39)42-5-2)24(18-7-6-8-19(31)23(18)30)34-25(33-20)26-32-11-14-43-26/h6-8,11,14,17,21,24H,4-5,9-10,12-13,15-16H2,1-3H3,(H,33,34)/t21-,24-/m0/s1. The minimum Gasteiger partial charge on any atom is -0.468 e. The Bertz CT molecular complexity index is 1430. The van der Waals surface area contributed by atoms with E-state index in [0.29, 0.717) is 36.2 Å². The van der Waals surface area contributed by atoms with E-state index in [1.807, 2.05) is 16.7 Å². The Labute approximate surface area is 258 Å². The predicted molar refractivity (Wildman–Crippen MR) is 159 cm³/mol. The van der Waals surface area contributed by atoms with Crippen molar-refractivity contribution in [2.75, 3.05) is 46.4 Å². The molecule has 1 saturated carbocycles. The molecule has 230 valence electrons. The van der Waals surface area contributed by atoms with E-state index < -0.39 is 29.8 Å². The van der Waals surface area contributed by atoms with Crippen molar-refractivity contribution in [2.45, 2.75) is 44.8 Å². The van der Waals surface area contributed by atoms with Crippen LogP contribution in [0.3, 0.4) is 0 Å². The average Bonchev–Trinajstić information content (AvgIpc) is 3.69. The number of carbonyl (C=O) groups is 3. The first-order valence-electron chi connectivity index (χ1n) is 14.2. The fourth-order valence-electron chi connectivity index (χ4n) is 5.44. The van der Waals surface area contributed by atoms with Crippen LogP contribution in [0.25, 0.3) is 0 Å². The van der Waals surface area contributed by atoms with Gasteiger partial charge in [0.2, 0.25) is 0 Å². The molecule has 2 atom stereocenters. The minimum absolute atomic E-state index is 0.0872. The lowest BCUT2D eigenvalue weighted by Crippen LogP contribution is -2.61. The molecule has 1 N–H and O–H groups in total. The smallest absolute Gasteiger partial charge is 0.338 e. The van der Waals surface area contributed by atoms with E-state index in [4.69, 9.17) is 26.1 Å². The summed E-state index contributed by atoms with van der Waals surface area (Å²) in [4.78, 5) is 54.4. The van der Waals surface area contributed by atoms with Gasteiger partial charge in [-0.25, -0.2) is 19.0 Å². The van der Waals surface area contributed by atoms with Crippen LogP contribution in [0.15, 0.2) is 46.0 Å². The van der Waals surface area contributed by atoms with Crippen molar-refractivity contribution in [1.29, 1.82) is 0 Å². The van der Waals surface area contributed by atoms with Crippen molar-refractivity contribution in [3.8, 4) is 0 Å². The van der Waals surface area contributed by atoms with Crippen LogP contribution in [0, 0.1) is 5.82 Å². The highest BCUT2D eigenvalue weighted by molar-refractivity contribution is 7.11. The maximum atomic E-state index is 14.6. The van der Waals surface area contributed by atoms with Crippen molar-refractivity contribution in [3.05, 3.63) is 62.5 Å². The number of ether oxygens (including phenoxy) is 2. The van der Waals surface area contributed by atoms with E-state index in [1.165, 1.54) is 30.6 Å². The van der Waals surface area contributed by atoms with Gasteiger partial charge in [-0.15, -0.1) is 11.3 Å². The minimum atomic E-state index is -1.01. The van der Waals surface area contributed by atoms with Crippen LogP contribution in [0.4, 0.5) is 9.18 Å². The van der Waals surface area contributed by atoms with Crippen LogP contribution in [0.2, 0.25) is 5.02 Å². The van der Waals surface area contributed by atoms with Gasteiger partial charge < -0.3 is 24.6 Å². The Morgan fingerprint density at radius 3 is 2.67 bits per heavy atom. The molecule has 2 amide bonds. The highest BCUT2D eigenvalue weighted by atomic mass is 35.5. The number of esters is 2. The first kappa shape index (κ1) is 30.9. The topological polar surface area (TPSA) is 117 Å². The first-order valence-corrected chi connectivity index (χ1v) is 15.5. The van der Waals surface area contributed by atoms with Crippen LogP contribution in [0.5, 0.6) is 0 Å². The molecule has 11 nitrogen and oxygen atoms in total. The third-order valence-electron chi connectivity index (χ3n) is 7.70. The summed E-state index contributed by atoms with van der Waals surface area (Å²) in [5.74, 6) is -1.43. The van der Waals surface area contributed by atoms with Crippen molar-refractivity contribution in [2.24, 2.45) is 4.99 Å². The maximum absolute atomic E-state index is 14.6. The number of rotatable bonds is 9. The molecule has 0 bridgehead atoms. The summed E-state index contributed by atoms with van der Waals surface area (Å²) >= 11 is 7.75. The van der Waals surface area contributed by atoms with Gasteiger partial charge in [0.1, 0.15) is 17.9 Å². The molecule has 2 aromatic rings. The number of methoxy groups -OCH3 is 1. The van der Waals surface area contributed by atoms with Crippen LogP contribution >= 0.6 is 22.9 Å². The highest BCUT2D eigenvalue weighted by Gasteiger charge is 2.41. The number of amidine groups is 1. The molecule has 1 saturated heterocycles. The number of carbonyl (C=O) groups excluding carboxylic acids is 3. The molecular weight excluding hydrogens is 599 g/mol. The average molecular weight is 633 g/mol. The van der Waals surface area contributed by atoms with E-state index in [2.05, 4.69) is 10.3 Å². The van der Waals surface area contributed by atoms with E-state index in [1.54, 1.807) is 29.5 Å². The van der Waals surface area contributed by atoms with E-state index in [-0.39, 0.29) is 47.9 Å². The first-order chi connectivity index (χ1) is 20.8. The normalized spacial score (nSPS) is 20.8. The van der Waals surface area contributed by atoms with Crippen LogP contribution in [0.1, 0.15) is 43.3 Å². The maximum Gasteiger partial charge on any atom is 0.338 e. The number of thiazole rings is 1. The lowest BCUT2D eigenvalue weighted by molar-refractivity contribution is -0.148. The molecular formula is C29H34ClFN6O5S. The molecule has 2 fully saturated rings. The van der Waals surface area contributed by atoms with E-state index >= 15 is 0 Å². The van der Waals surface area contributed by atoms with Crippen LogP contribution in [-0.4, -0.2) is 102 Å². The second kappa shape index (κ2) is 13.4. The Morgan fingerprint density at radius 1 is 1.23 bits per heavy atom. The number of urea groups is 1. The predicted octanol–water partition coefficient (Wildman–Crippen LogP) is 3.61. The van der Waals surface area contributed by atoms with Crippen molar-refractivity contribution < 1.29 is 28.2 Å². The molecule has 43 heavy (non-hydrogen) atoms. The molecule has 5 rings (SSSR count). The number of hydrogen-bond donors (Lipinski definition) is 1. The third kappa shape index (κ3) is 6.53. The van der Waals surface area contributed by atoms with Crippen molar-refractivity contribution >= 4 is 46.7 Å². The lowest BCUT2D eigenvalue weighted by atomic mass is 9.94. The van der Waals surface area contributed by atoms with Crippen molar-refractivity contribution in [1.82, 2.24) is 25.0 Å². The summed E-state index contributed by atoms with van der Waals surface area (Å²) in [6.07, 6.45) is 3.59. The molecule has 2 aliphatic heterocycles. The van der Waals surface area contributed by atoms with Gasteiger partial charge in [0, 0.05) is 61.6 Å². The molecule has 14 heteroatoms. The van der Waals surface area contributed by atoms with E-state index in [0.717, 1.165) is 12.8 Å². The second-order valence-corrected chi connectivity index (χ2v) is 11.6. The van der Waals surface area contributed by atoms with Crippen LogP contribution in [-0.2, 0) is 19.1 Å². The monoisotopic (exact) mass is 632 g/mol. The quantitative estimate of drug-likeness (QED) is 0.417. The van der Waals surface area contributed by atoms with Crippen LogP contribution < -0.4 is 5.32 Å². The molecule has 0 radical (unpaired) electrons. The SMILES string of the molecule is CCOC(=O)C1=C(CN2CCN(C(=O)N(CC)C3CC3)C[C@H]2C(=O)OC)NC(c2nccs2)=N[C@H]1c1cccc(F)c1Cl. The number of hydrogen-bond acceptors (Lipinski definition) is 10. The number of aliphatic imine (C=N–C) groups is 1. The van der Waals surface area contributed by atoms with Gasteiger partial charge in [0.25, 0.3) is 0 Å². The lowest BCUT2D eigenvalue weighted by Gasteiger charge is -2.42. The summed E-state index contributed by atoms with van der Waals surface area (Å²) in [7, 11) is 1.31. The zero-order chi connectivity index (χ0) is 30.7. The number of nitrogens with one attached hydrogen (secondary N) is 1. The summed E-state index contributed by atoms with van der Waals surface area (Å²) < 4.78 is 25.2. The van der Waals surface area contributed by atoms with Gasteiger partial charge in [0.05, 0.1) is 24.3 Å². The Kier molecular flexibility index (Phi) is 9.62. The number of aromatic nitrogens is 1. The van der Waals surface area contributed by atoms with E-state index in [9.17, 15) is 18.8 Å². The Morgan fingerprint density at radius 2 is 2.02 bits per heavy atom. The molecule has 0 unspecified atom stereocenters. The number of amides is 2. The van der Waals surface area contributed by atoms with Gasteiger partial charge in [-0.1, -0.05) is 23.7 Å². The summed E-state index contributed by atoms with van der Waals surface area (Å²) in [6, 6.07) is 2.69. The molecule has 1 aromatic heterocycles. The summed E-state index contributed by atoms with van der Waals surface area (Å²) in [5, 5.41) is 5.43. The Hall–Kier alpha value is -3.55. The van der Waals surface area contributed by atoms with Gasteiger partial charge in [0.15, 0.2) is 10.8 Å². The summed E-state index contributed by atoms with van der Waals surface area (Å²) in [5.41, 5.74) is 0.839. The molecule has 1 aliphatic carbocycles. The fourth-order valence-corrected chi connectivity index (χ4v) is 6.26. The van der Waals surface area contributed by atoms with Crippen molar-refractivity contribution in [3.63, 3.8) is 0 Å². The highest BCUT2D eigenvalue weighted by Crippen LogP contribution is 2.38.